The van der Waals surface area contributed by atoms with Crippen LogP contribution in [0.5, 0.6) is 0 Å². The van der Waals surface area contributed by atoms with Crippen molar-refractivity contribution in [1.82, 2.24) is 15.1 Å². The molecule has 3 N–H and O–H groups in total. The van der Waals surface area contributed by atoms with Gasteiger partial charge in [0.2, 0.25) is 5.91 Å². The lowest BCUT2D eigenvalue weighted by molar-refractivity contribution is -0.143. The van der Waals surface area contributed by atoms with Crippen molar-refractivity contribution in [3.8, 4) is 0 Å². The van der Waals surface area contributed by atoms with Crippen LogP contribution in [-0.2, 0) is 17.1 Å². The van der Waals surface area contributed by atoms with Gasteiger partial charge in [0.1, 0.15) is 0 Å². The van der Waals surface area contributed by atoms with Crippen molar-refractivity contribution in [2.24, 2.45) is 11.7 Å². The summed E-state index contributed by atoms with van der Waals surface area (Å²) in [5.41, 5.74) is 2.89. The third-order valence-corrected chi connectivity index (χ3v) is 6.50. The number of amides is 1. The van der Waals surface area contributed by atoms with E-state index in [0.29, 0.717) is 51.2 Å². The number of hydrogen-bond donors (Lipinski definition) is 2. The highest BCUT2D eigenvalue weighted by Crippen LogP contribution is 2.37. The maximum Gasteiger partial charge on any atom is 0.416 e. The molecule has 2 heterocycles. The van der Waals surface area contributed by atoms with E-state index in [1.807, 2.05) is 4.90 Å². The fraction of sp³-hybridized carbons (Fsp3) is 0.609. The summed E-state index contributed by atoms with van der Waals surface area (Å²) in [6, 6.07) is 1.63. The monoisotopic (exact) mass is 492 g/mol. The Bertz CT molecular complexity index is 837. The molecule has 0 aliphatic carbocycles. The average Bonchev–Trinajstić information content (AvgIpc) is 2.78. The molecule has 2 fully saturated rings. The molecule has 1 amide bonds. The van der Waals surface area contributed by atoms with E-state index in [1.54, 1.807) is 0 Å². The van der Waals surface area contributed by atoms with Crippen molar-refractivity contribution in [2.75, 3.05) is 39.3 Å². The minimum absolute atomic E-state index is 0.00147. The number of halogens is 6. The van der Waals surface area contributed by atoms with Gasteiger partial charge in [-0.25, -0.2) is 0 Å². The third-order valence-electron chi connectivity index (χ3n) is 6.50. The molecule has 11 heteroatoms. The molecular weight excluding hydrogens is 462 g/mol. The van der Waals surface area contributed by atoms with E-state index in [0.717, 1.165) is 25.9 Å². The molecule has 0 unspecified atom stereocenters. The van der Waals surface area contributed by atoms with Crippen LogP contribution in [0.25, 0.3) is 5.70 Å². The van der Waals surface area contributed by atoms with Crippen LogP contribution in [0.3, 0.4) is 0 Å². The molecule has 3 rings (SSSR count). The zero-order chi connectivity index (χ0) is 25.1. The standard InChI is InChI=1S/C23H30F6N4O/c1-15(17-10-18(22(24,25)26)12-19(11-17)23(27,28)29)31-13-16-2-8-33(9-3-16)21(34)14-32-6-4-20(30)5-7-32/h10-12,16,20,31H,1-9,13-14,30H2. The Morgan fingerprint density at radius 3 is 1.97 bits per heavy atom. The maximum absolute atomic E-state index is 13.1. The molecule has 5 nitrogen and oxygen atoms in total. The number of nitrogens with one attached hydrogen (secondary N) is 1. The van der Waals surface area contributed by atoms with Crippen LogP contribution >= 0.6 is 0 Å². The largest absolute Gasteiger partial charge is 0.416 e. The Kier molecular flexibility index (Phi) is 8.18. The van der Waals surface area contributed by atoms with Gasteiger partial charge in [-0.1, -0.05) is 6.58 Å². The van der Waals surface area contributed by atoms with E-state index in [9.17, 15) is 31.1 Å². The highest BCUT2D eigenvalue weighted by atomic mass is 19.4. The Labute approximate surface area is 194 Å². The quantitative estimate of drug-likeness (QED) is 0.591. The molecule has 1 aromatic carbocycles. The lowest BCUT2D eigenvalue weighted by Crippen LogP contribution is -2.48. The Morgan fingerprint density at radius 1 is 0.941 bits per heavy atom. The second kappa shape index (κ2) is 10.6. The van der Waals surface area contributed by atoms with Crippen LogP contribution in [0.15, 0.2) is 24.8 Å². The van der Waals surface area contributed by atoms with Gasteiger partial charge in [-0.05, 0) is 55.4 Å². The summed E-state index contributed by atoms with van der Waals surface area (Å²) >= 11 is 0. The number of likely N-dealkylation sites (tertiary alicyclic amines) is 2. The Balaban J connectivity index is 1.51. The lowest BCUT2D eigenvalue weighted by Gasteiger charge is -2.35. The van der Waals surface area contributed by atoms with Crippen LogP contribution in [0.1, 0.15) is 42.4 Å². The Morgan fingerprint density at radius 2 is 1.47 bits per heavy atom. The van der Waals surface area contributed by atoms with Gasteiger partial charge >= 0.3 is 12.4 Å². The molecule has 2 saturated heterocycles. The molecule has 0 radical (unpaired) electrons. The SMILES string of the molecule is C=C(NCC1CCN(C(=O)CN2CCC(N)CC2)CC1)c1cc(C(F)(F)F)cc(C(F)(F)F)c1. The van der Waals surface area contributed by atoms with E-state index in [4.69, 9.17) is 5.73 Å². The predicted octanol–water partition coefficient (Wildman–Crippen LogP) is 3.95. The molecule has 1 aromatic rings. The number of nitrogens with zero attached hydrogens (tertiary/aromatic N) is 2. The fourth-order valence-electron chi connectivity index (χ4n) is 4.29. The van der Waals surface area contributed by atoms with E-state index in [2.05, 4.69) is 16.8 Å². The molecule has 2 aliphatic rings. The maximum atomic E-state index is 13.1. The van der Waals surface area contributed by atoms with Gasteiger partial charge in [-0.3, -0.25) is 9.69 Å². The van der Waals surface area contributed by atoms with E-state index in [1.165, 1.54) is 0 Å². The normalized spacial score (nSPS) is 19.3. The zero-order valence-corrected chi connectivity index (χ0v) is 18.8. The number of hydrogen-bond acceptors (Lipinski definition) is 4. The van der Waals surface area contributed by atoms with Crippen molar-refractivity contribution in [3.63, 3.8) is 0 Å². The first kappa shape index (κ1) is 26.3. The Hall–Kier alpha value is -2.27. The van der Waals surface area contributed by atoms with Crippen LogP contribution in [0.2, 0.25) is 0 Å². The first-order chi connectivity index (χ1) is 15.8. The average molecular weight is 493 g/mol. The molecule has 0 saturated carbocycles. The minimum Gasteiger partial charge on any atom is -0.385 e. The minimum atomic E-state index is -4.91. The topological polar surface area (TPSA) is 61.6 Å². The van der Waals surface area contributed by atoms with Crippen molar-refractivity contribution in [2.45, 2.75) is 44.1 Å². The van der Waals surface area contributed by atoms with Gasteiger partial charge in [0.25, 0.3) is 0 Å². The van der Waals surface area contributed by atoms with Gasteiger partial charge in [-0.15, -0.1) is 0 Å². The number of rotatable bonds is 6. The molecule has 0 spiro atoms. The molecule has 2 aliphatic heterocycles. The third kappa shape index (κ3) is 7.11. The summed E-state index contributed by atoms with van der Waals surface area (Å²) in [7, 11) is 0. The number of carbonyl (C=O) groups is 1. The van der Waals surface area contributed by atoms with Crippen LogP contribution in [0, 0.1) is 5.92 Å². The molecular formula is C23H30F6N4O. The first-order valence-electron chi connectivity index (χ1n) is 11.3. The van der Waals surface area contributed by atoms with Crippen molar-refractivity contribution >= 4 is 11.6 Å². The number of benzene rings is 1. The van der Waals surface area contributed by atoms with E-state index >= 15 is 0 Å². The first-order valence-corrected chi connectivity index (χ1v) is 11.3. The highest BCUT2D eigenvalue weighted by molar-refractivity contribution is 5.78. The van der Waals surface area contributed by atoms with Gasteiger partial charge in [0.05, 0.1) is 17.7 Å². The van der Waals surface area contributed by atoms with Gasteiger partial charge in [0, 0.05) is 44.5 Å². The molecule has 190 valence electrons. The van der Waals surface area contributed by atoms with Gasteiger partial charge in [-0.2, -0.15) is 26.3 Å². The second-order valence-electron chi connectivity index (χ2n) is 9.09. The summed E-state index contributed by atoms with van der Waals surface area (Å²) < 4.78 is 78.5. The summed E-state index contributed by atoms with van der Waals surface area (Å²) in [5.74, 6) is 0.191. The van der Waals surface area contributed by atoms with E-state index in [-0.39, 0.29) is 35.2 Å². The molecule has 34 heavy (non-hydrogen) atoms. The second-order valence-corrected chi connectivity index (χ2v) is 9.09. The molecule has 0 aromatic heterocycles. The lowest BCUT2D eigenvalue weighted by atomic mass is 9.96. The van der Waals surface area contributed by atoms with E-state index < -0.39 is 23.5 Å². The van der Waals surface area contributed by atoms with Gasteiger partial charge < -0.3 is 16.0 Å². The summed E-state index contributed by atoms with van der Waals surface area (Å²) in [5, 5.41) is 2.89. The van der Waals surface area contributed by atoms with Crippen LogP contribution in [-0.4, -0.2) is 61.0 Å². The van der Waals surface area contributed by atoms with Crippen molar-refractivity contribution < 1.29 is 31.1 Å². The summed E-state index contributed by atoms with van der Waals surface area (Å²) in [6.45, 7) is 7.10. The zero-order valence-electron chi connectivity index (χ0n) is 18.8. The summed E-state index contributed by atoms with van der Waals surface area (Å²) in [6.07, 6.45) is -6.69. The number of nitrogens with two attached hydrogens (primary N) is 1. The molecule has 0 atom stereocenters. The van der Waals surface area contributed by atoms with Crippen molar-refractivity contribution in [3.05, 3.63) is 41.5 Å². The molecule has 0 bridgehead atoms. The number of piperidine rings is 2. The predicted molar refractivity (Wildman–Crippen MR) is 116 cm³/mol. The highest BCUT2D eigenvalue weighted by Gasteiger charge is 2.37. The fourth-order valence-corrected chi connectivity index (χ4v) is 4.29. The van der Waals surface area contributed by atoms with Crippen molar-refractivity contribution in [1.29, 1.82) is 0 Å². The number of alkyl halides is 6. The smallest absolute Gasteiger partial charge is 0.385 e. The number of carbonyl (C=O) groups excluding carboxylic acids is 1. The van der Waals surface area contributed by atoms with Crippen LogP contribution in [0.4, 0.5) is 26.3 Å². The summed E-state index contributed by atoms with van der Waals surface area (Å²) in [4.78, 5) is 16.5. The van der Waals surface area contributed by atoms with Gasteiger partial charge in [0.15, 0.2) is 0 Å². The van der Waals surface area contributed by atoms with Crippen LogP contribution < -0.4 is 11.1 Å².